The molecule has 3 rings (SSSR count). The SMILES string of the molecule is CC/C=C\C/C=C\C/C=C\C/C=C\CCCCC(=O)NC(COC1OC(CO)C(OC2OC(CO)C(OC3OC(CO)C(O)C(O)C3O)C(O)C2O)C(O)C1O)C(O)CCCCCCCCCCCCCCCCCCCCCCCCCCCCCCC. The molecule has 89 heavy (non-hydrogen) atoms. The van der Waals surface area contributed by atoms with Gasteiger partial charge in [0.05, 0.1) is 38.6 Å². The van der Waals surface area contributed by atoms with Crippen LogP contribution in [0.3, 0.4) is 0 Å². The number of rotatable bonds is 54. The number of hydrogen-bond donors (Lipinski definition) is 12. The lowest BCUT2D eigenvalue weighted by molar-refractivity contribution is -0.379. The highest BCUT2D eigenvalue weighted by atomic mass is 16.8. The lowest BCUT2D eigenvalue weighted by Gasteiger charge is -2.48. The molecule has 0 aromatic carbocycles. The van der Waals surface area contributed by atoms with Crippen molar-refractivity contribution in [2.45, 2.75) is 362 Å². The van der Waals surface area contributed by atoms with E-state index < -0.39 is 124 Å². The topological polar surface area (TPSA) is 307 Å². The highest BCUT2D eigenvalue weighted by Gasteiger charge is 2.53. The number of carbonyl (C=O) groups excluding carboxylic acids is 1. The molecule has 3 aliphatic rings. The van der Waals surface area contributed by atoms with Gasteiger partial charge in [0.1, 0.15) is 73.2 Å². The molecule has 3 saturated heterocycles. The molecule has 0 spiro atoms. The third-order valence-corrected chi connectivity index (χ3v) is 17.7. The van der Waals surface area contributed by atoms with Crippen LogP contribution in [-0.4, -0.2) is 193 Å². The Balaban J connectivity index is 1.40. The number of aliphatic hydroxyl groups is 11. The van der Waals surface area contributed by atoms with E-state index in [9.17, 15) is 61.0 Å². The molecule has 19 heteroatoms. The Kier molecular flexibility index (Phi) is 47.4. The van der Waals surface area contributed by atoms with E-state index in [1.807, 2.05) is 0 Å². The predicted octanol–water partition coefficient (Wildman–Crippen LogP) is 9.39. The lowest BCUT2D eigenvalue weighted by Crippen LogP contribution is -2.66. The van der Waals surface area contributed by atoms with Crippen molar-refractivity contribution >= 4 is 5.91 Å². The van der Waals surface area contributed by atoms with Crippen LogP contribution in [0.5, 0.6) is 0 Å². The van der Waals surface area contributed by atoms with E-state index in [1.54, 1.807) is 0 Å². The minimum Gasteiger partial charge on any atom is -0.394 e. The summed E-state index contributed by atoms with van der Waals surface area (Å²) in [5.41, 5.74) is 0. The maximum absolute atomic E-state index is 13.4. The smallest absolute Gasteiger partial charge is 0.220 e. The second kappa shape index (κ2) is 52.1. The number of allylic oxidation sites excluding steroid dienone is 8. The summed E-state index contributed by atoms with van der Waals surface area (Å²) in [5.74, 6) is -0.282. The van der Waals surface area contributed by atoms with Crippen LogP contribution in [0.25, 0.3) is 0 Å². The van der Waals surface area contributed by atoms with E-state index in [2.05, 4.69) is 67.8 Å². The number of aliphatic hydroxyl groups excluding tert-OH is 11. The number of unbranched alkanes of at least 4 members (excludes halogenated alkanes) is 30. The molecule has 17 unspecified atom stereocenters. The standard InChI is InChI=1S/C70H127NO18/c1-3-5-7-9-11-13-15-17-19-20-21-22-23-24-25-26-27-28-29-30-31-32-34-35-37-39-41-43-45-47-54(75)53(71-58(76)48-46-44-42-40-38-36-33-18-16-14-12-10-8-6-4-2)52-84-68-64(82)61(79)66(56(50-73)86-68)89-70-65(83)62(80)67(57(51-74)87-70)88-69-63(81)60(78)59(77)55(49-72)85-69/h6,8,12,14,18,33,38,40,53-57,59-70,72-75,77-83H,3-5,7,9-11,13,15-17,19-32,34-37,39,41-52H2,1-2H3,(H,71,76)/b8-6-,14-12-,33-18-,40-38-. The molecule has 3 heterocycles. The second-order valence-corrected chi connectivity index (χ2v) is 25.3. The summed E-state index contributed by atoms with van der Waals surface area (Å²) in [4.78, 5) is 13.4. The van der Waals surface area contributed by atoms with Gasteiger partial charge in [0.15, 0.2) is 18.9 Å². The van der Waals surface area contributed by atoms with E-state index in [0.29, 0.717) is 12.8 Å². The average Bonchev–Trinajstić information content (AvgIpc) is 1.97. The summed E-state index contributed by atoms with van der Waals surface area (Å²) in [6.45, 7) is 1.67. The van der Waals surface area contributed by atoms with Crippen LogP contribution in [0.1, 0.15) is 258 Å². The van der Waals surface area contributed by atoms with Crippen LogP contribution >= 0.6 is 0 Å². The molecule has 0 aromatic rings. The molecule has 0 saturated carbocycles. The van der Waals surface area contributed by atoms with Gasteiger partial charge in [0, 0.05) is 6.42 Å². The first-order valence-corrected chi connectivity index (χ1v) is 35.4. The molecule has 520 valence electrons. The Morgan fingerprint density at radius 3 is 1.19 bits per heavy atom. The largest absolute Gasteiger partial charge is 0.394 e. The van der Waals surface area contributed by atoms with E-state index in [1.165, 1.54) is 161 Å². The van der Waals surface area contributed by atoms with Gasteiger partial charge in [-0.05, 0) is 51.4 Å². The number of amides is 1. The maximum Gasteiger partial charge on any atom is 0.220 e. The highest BCUT2D eigenvalue weighted by Crippen LogP contribution is 2.33. The van der Waals surface area contributed by atoms with Crippen molar-refractivity contribution < 1.29 is 89.4 Å². The van der Waals surface area contributed by atoms with Crippen LogP contribution < -0.4 is 5.32 Å². The summed E-state index contributed by atoms with van der Waals surface area (Å²) < 4.78 is 34.4. The zero-order valence-corrected chi connectivity index (χ0v) is 54.9. The van der Waals surface area contributed by atoms with E-state index >= 15 is 0 Å². The summed E-state index contributed by atoms with van der Waals surface area (Å²) in [7, 11) is 0. The minimum atomic E-state index is -1.98. The Bertz CT molecular complexity index is 1800. The van der Waals surface area contributed by atoms with Crippen molar-refractivity contribution in [2.75, 3.05) is 26.4 Å². The molecule has 0 aromatic heterocycles. The number of nitrogens with one attached hydrogen (secondary N) is 1. The van der Waals surface area contributed by atoms with E-state index in [4.69, 9.17) is 28.4 Å². The molecule has 17 atom stereocenters. The first kappa shape index (κ1) is 81.0. The number of ether oxygens (including phenoxy) is 6. The first-order chi connectivity index (χ1) is 43.3. The van der Waals surface area contributed by atoms with E-state index in [0.717, 1.165) is 64.2 Å². The van der Waals surface area contributed by atoms with Crippen LogP contribution in [0.15, 0.2) is 48.6 Å². The van der Waals surface area contributed by atoms with Crippen LogP contribution in [-0.2, 0) is 33.2 Å². The third-order valence-electron chi connectivity index (χ3n) is 17.7. The molecule has 3 fully saturated rings. The molecule has 0 bridgehead atoms. The van der Waals surface area contributed by atoms with Crippen molar-refractivity contribution in [3.8, 4) is 0 Å². The monoisotopic (exact) mass is 1270 g/mol. The van der Waals surface area contributed by atoms with Gasteiger partial charge in [-0.2, -0.15) is 0 Å². The van der Waals surface area contributed by atoms with Gasteiger partial charge in [-0.15, -0.1) is 0 Å². The molecule has 3 aliphatic heterocycles. The fourth-order valence-electron chi connectivity index (χ4n) is 12.0. The molecule has 1 amide bonds. The molecular formula is C70H127NO18. The second-order valence-electron chi connectivity index (χ2n) is 25.3. The normalized spacial score (nSPS) is 28.5. The highest BCUT2D eigenvalue weighted by molar-refractivity contribution is 5.76. The average molecular weight is 1270 g/mol. The molecular weight excluding hydrogens is 1140 g/mol. The fourth-order valence-corrected chi connectivity index (χ4v) is 12.0. The fraction of sp³-hybridized carbons (Fsp3) is 0.871. The van der Waals surface area contributed by atoms with Gasteiger partial charge in [0.25, 0.3) is 0 Å². The number of carbonyl (C=O) groups is 1. The minimum absolute atomic E-state index is 0.213. The molecule has 0 radical (unpaired) electrons. The van der Waals surface area contributed by atoms with Gasteiger partial charge in [-0.25, -0.2) is 0 Å². The van der Waals surface area contributed by atoms with Gasteiger partial charge in [0.2, 0.25) is 5.91 Å². The quantitative estimate of drug-likeness (QED) is 0.0199. The lowest BCUT2D eigenvalue weighted by atomic mass is 9.96. The Hall–Kier alpha value is -2.25. The van der Waals surface area contributed by atoms with Gasteiger partial charge >= 0.3 is 0 Å². The number of hydrogen-bond acceptors (Lipinski definition) is 18. The zero-order valence-electron chi connectivity index (χ0n) is 54.9. The van der Waals surface area contributed by atoms with Crippen LogP contribution in [0, 0.1) is 0 Å². The summed E-state index contributed by atoms with van der Waals surface area (Å²) >= 11 is 0. The maximum atomic E-state index is 13.4. The van der Waals surface area contributed by atoms with Crippen molar-refractivity contribution in [3.63, 3.8) is 0 Å². The van der Waals surface area contributed by atoms with Gasteiger partial charge in [-0.3, -0.25) is 4.79 Å². The third kappa shape index (κ3) is 34.1. The van der Waals surface area contributed by atoms with Gasteiger partial charge < -0.3 is 89.9 Å². The molecule has 0 aliphatic carbocycles. The van der Waals surface area contributed by atoms with Crippen molar-refractivity contribution in [1.29, 1.82) is 0 Å². The Morgan fingerprint density at radius 2 is 0.775 bits per heavy atom. The molecule has 19 nitrogen and oxygen atoms in total. The predicted molar refractivity (Wildman–Crippen MR) is 346 cm³/mol. The zero-order chi connectivity index (χ0) is 64.7. The Labute approximate surface area is 535 Å². The summed E-state index contributed by atoms with van der Waals surface area (Å²) in [6, 6.07) is -0.911. The van der Waals surface area contributed by atoms with Crippen molar-refractivity contribution in [2.24, 2.45) is 0 Å². The summed E-state index contributed by atoms with van der Waals surface area (Å²) in [6.07, 6.45) is 35.0. The van der Waals surface area contributed by atoms with E-state index in [-0.39, 0.29) is 18.9 Å². The Morgan fingerprint density at radius 1 is 0.416 bits per heavy atom. The van der Waals surface area contributed by atoms with Crippen LogP contribution in [0.2, 0.25) is 0 Å². The van der Waals surface area contributed by atoms with Crippen molar-refractivity contribution in [1.82, 2.24) is 5.32 Å². The van der Waals surface area contributed by atoms with Crippen molar-refractivity contribution in [3.05, 3.63) is 48.6 Å². The first-order valence-electron chi connectivity index (χ1n) is 35.4. The van der Waals surface area contributed by atoms with Crippen LogP contribution in [0.4, 0.5) is 0 Å². The van der Waals surface area contributed by atoms with Gasteiger partial charge in [-0.1, -0.05) is 249 Å². The summed E-state index contributed by atoms with van der Waals surface area (Å²) in [5, 5.41) is 121. The molecule has 12 N–H and O–H groups in total.